The Morgan fingerprint density at radius 3 is 2.30 bits per heavy atom. The SMILES string of the molecule is COC1CCN(C(C)CC2CN(C(C)C)C[C@@H]2OC)C1. The van der Waals surface area contributed by atoms with Gasteiger partial charge < -0.3 is 9.47 Å². The van der Waals surface area contributed by atoms with Gasteiger partial charge in [-0.3, -0.25) is 9.80 Å². The third kappa shape index (κ3) is 3.73. The molecule has 0 amide bonds. The van der Waals surface area contributed by atoms with Gasteiger partial charge in [-0.15, -0.1) is 0 Å². The van der Waals surface area contributed by atoms with E-state index in [0.717, 1.165) is 13.1 Å². The fourth-order valence-electron chi connectivity index (χ4n) is 3.72. The Morgan fingerprint density at radius 1 is 1.00 bits per heavy atom. The van der Waals surface area contributed by atoms with Gasteiger partial charge >= 0.3 is 0 Å². The van der Waals surface area contributed by atoms with Crippen LogP contribution in [0.4, 0.5) is 0 Å². The summed E-state index contributed by atoms with van der Waals surface area (Å²) in [5.74, 6) is 0.666. The Kier molecular flexibility index (Phi) is 5.84. The van der Waals surface area contributed by atoms with E-state index in [-0.39, 0.29) is 0 Å². The second kappa shape index (κ2) is 7.21. The first-order chi connectivity index (χ1) is 9.55. The summed E-state index contributed by atoms with van der Waals surface area (Å²) in [7, 11) is 3.69. The normalized spacial score (nSPS) is 34.2. The Bertz CT molecular complexity index is 298. The molecule has 4 heteroatoms. The molecule has 0 saturated carbocycles. The van der Waals surface area contributed by atoms with E-state index in [1.807, 2.05) is 14.2 Å². The molecule has 2 saturated heterocycles. The molecule has 0 radical (unpaired) electrons. The van der Waals surface area contributed by atoms with E-state index in [1.165, 1.54) is 25.9 Å². The van der Waals surface area contributed by atoms with Gasteiger partial charge in [-0.25, -0.2) is 0 Å². The van der Waals surface area contributed by atoms with Crippen LogP contribution in [0.15, 0.2) is 0 Å². The molecule has 2 fully saturated rings. The van der Waals surface area contributed by atoms with Crippen LogP contribution >= 0.6 is 0 Å². The zero-order chi connectivity index (χ0) is 14.7. The molecule has 0 bridgehead atoms. The van der Waals surface area contributed by atoms with E-state index >= 15 is 0 Å². The maximum absolute atomic E-state index is 5.73. The topological polar surface area (TPSA) is 24.9 Å². The minimum atomic E-state index is 0.403. The van der Waals surface area contributed by atoms with Crippen LogP contribution in [-0.2, 0) is 9.47 Å². The fraction of sp³-hybridized carbons (Fsp3) is 1.00. The minimum absolute atomic E-state index is 0.403. The van der Waals surface area contributed by atoms with Gasteiger partial charge in [-0.05, 0) is 33.6 Å². The maximum atomic E-state index is 5.73. The van der Waals surface area contributed by atoms with Crippen molar-refractivity contribution in [3.63, 3.8) is 0 Å². The molecular weight excluding hydrogens is 252 g/mol. The van der Waals surface area contributed by atoms with Gasteiger partial charge in [0.1, 0.15) is 0 Å². The number of rotatable bonds is 6. The quantitative estimate of drug-likeness (QED) is 0.743. The summed E-state index contributed by atoms with van der Waals surface area (Å²) in [5, 5.41) is 0. The van der Waals surface area contributed by atoms with Gasteiger partial charge in [0, 0.05) is 58.4 Å². The average molecular weight is 284 g/mol. The molecule has 3 unspecified atom stereocenters. The number of likely N-dealkylation sites (tertiary alicyclic amines) is 2. The van der Waals surface area contributed by atoms with Crippen molar-refractivity contribution < 1.29 is 9.47 Å². The summed E-state index contributed by atoms with van der Waals surface area (Å²) in [6.07, 6.45) is 3.25. The highest BCUT2D eigenvalue weighted by molar-refractivity contribution is 4.90. The average Bonchev–Trinajstić information content (AvgIpc) is 3.04. The third-order valence-electron chi connectivity index (χ3n) is 5.22. The highest BCUT2D eigenvalue weighted by Crippen LogP contribution is 2.28. The molecule has 0 aliphatic carbocycles. The summed E-state index contributed by atoms with van der Waals surface area (Å²) >= 11 is 0. The first kappa shape index (κ1) is 16.2. The second-order valence-corrected chi connectivity index (χ2v) is 6.81. The van der Waals surface area contributed by atoms with Crippen LogP contribution in [0.25, 0.3) is 0 Å². The van der Waals surface area contributed by atoms with Crippen molar-refractivity contribution in [2.24, 2.45) is 5.92 Å². The maximum Gasteiger partial charge on any atom is 0.0739 e. The van der Waals surface area contributed by atoms with Crippen molar-refractivity contribution in [2.45, 2.75) is 57.9 Å². The van der Waals surface area contributed by atoms with E-state index in [1.54, 1.807) is 0 Å². The molecule has 0 aromatic heterocycles. The van der Waals surface area contributed by atoms with Gasteiger partial charge in [-0.1, -0.05) is 0 Å². The first-order valence-corrected chi connectivity index (χ1v) is 8.08. The lowest BCUT2D eigenvalue weighted by Crippen LogP contribution is -2.36. The molecule has 2 rings (SSSR count). The molecular formula is C16H32N2O2. The van der Waals surface area contributed by atoms with Crippen molar-refractivity contribution in [2.75, 3.05) is 40.4 Å². The van der Waals surface area contributed by atoms with Gasteiger partial charge in [-0.2, -0.15) is 0 Å². The highest BCUT2D eigenvalue weighted by atomic mass is 16.5. The molecule has 20 heavy (non-hydrogen) atoms. The minimum Gasteiger partial charge on any atom is -0.380 e. The Labute approximate surface area is 124 Å². The Morgan fingerprint density at radius 2 is 1.75 bits per heavy atom. The van der Waals surface area contributed by atoms with Crippen LogP contribution in [0.2, 0.25) is 0 Å². The standard InChI is InChI=1S/C16H32N2O2/c1-12(2)18-9-14(16(11-18)20-5)8-13(3)17-7-6-15(10-17)19-4/h12-16H,6-11H2,1-5H3/t13?,14?,15?,16-/m0/s1. The number of nitrogens with zero attached hydrogens (tertiary/aromatic N) is 2. The third-order valence-corrected chi connectivity index (χ3v) is 5.22. The van der Waals surface area contributed by atoms with Crippen LogP contribution in [0.3, 0.4) is 0 Å². The van der Waals surface area contributed by atoms with Crippen LogP contribution in [0.1, 0.15) is 33.6 Å². The first-order valence-electron chi connectivity index (χ1n) is 8.08. The van der Waals surface area contributed by atoms with Crippen LogP contribution in [0.5, 0.6) is 0 Å². The monoisotopic (exact) mass is 284 g/mol. The van der Waals surface area contributed by atoms with Crippen molar-refractivity contribution in [3.05, 3.63) is 0 Å². The summed E-state index contributed by atoms with van der Waals surface area (Å²) in [5.41, 5.74) is 0. The summed E-state index contributed by atoms with van der Waals surface area (Å²) in [6, 6.07) is 1.25. The van der Waals surface area contributed by atoms with E-state index in [0.29, 0.717) is 30.2 Å². The summed E-state index contributed by atoms with van der Waals surface area (Å²) in [6.45, 7) is 11.5. The van der Waals surface area contributed by atoms with Gasteiger partial charge in [0.05, 0.1) is 12.2 Å². The van der Waals surface area contributed by atoms with E-state index in [9.17, 15) is 0 Å². The number of hydrogen-bond acceptors (Lipinski definition) is 4. The van der Waals surface area contributed by atoms with Crippen LogP contribution in [-0.4, -0.2) is 74.5 Å². The second-order valence-electron chi connectivity index (χ2n) is 6.81. The van der Waals surface area contributed by atoms with Crippen molar-refractivity contribution >= 4 is 0 Å². The molecule has 0 aromatic carbocycles. The van der Waals surface area contributed by atoms with E-state index in [4.69, 9.17) is 9.47 Å². The zero-order valence-electron chi connectivity index (χ0n) is 13.8. The largest absolute Gasteiger partial charge is 0.380 e. The van der Waals surface area contributed by atoms with E-state index in [2.05, 4.69) is 30.6 Å². The molecule has 118 valence electrons. The van der Waals surface area contributed by atoms with E-state index < -0.39 is 0 Å². The molecule has 2 aliphatic heterocycles. The molecule has 4 atom stereocenters. The molecule has 2 aliphatic rings. The number of methoxy groups -OCH3 is 2. The Hall–Kier alpha value is -0.160. The van der Waals surface area contributed by atoms with Gasteiger partial charge in [0.15, 0.2) is 0 Å². The zero-order valence-corrected chi connectivity index (χ0v) is 13.8. The molecule has 2 heterocycles. The summed E-state index contributed by atoms with van der Waals surface area (Å²) < 4.78 is 11.2. The predicted octanol–water partition coefficient (Wildman–Crippen LogP) is 1.84. The molecule has 0 N–H and O–H groups in total. The smallest absolute Gasteiger partial charge is 0.0739 e. The molecule has 0 spiro atoms. The van der Waals surface area contributed by atoms with Crippen molar-refractivity contribution in [1.82, 2.24) is 9.80 Å². The Balaban J connectivity index is 1.85. The van der Waals surface area contributed by atoms with Crippen molar-refractivity contribution in [3.8, 4) is 0 Å². The fourth-order valence-corrected chi connectivity index (χ4v) is 3.72. The lowest BCUT2D eigenvalue weighted by atomic mass is 9.97. The lowest BCUT2D eigenvalue weighted by Gasteiger charge is -2.28. The number of hydrogen-bond donors (Lipinski definition) is 0. The van der Waals surface area contributed by atoms with Crippen LogP contribution in [0, 0.1) is 5.92 Å². The van der Waals surface area contributed by atoms with Gasteiger partial charge in [0.25, 0.3) is 0 Å². The molecule has 0 aromatic rings. The predicted molar refractivity (Wildman–Crippen MR) is 82.1 cm³/mol. The summed E-state index contributed by atoms with van der Waals surface area (Å²) in [4.78, 5) is 5.13. The lowest BCUT2D eigenvalue weighted by molar-refractivity contribution is 0.0611. The van der Waals surface area contributed by atoms with Crippen molar-refractivity contribution in [1.29, 1.82) is 0 Å². The molecule has 4 nitrogen and oxygen atoms in total. The van der Waals surface area contributed by atoms with Crippen LogP contribution < -0.4 is 0 Å². The number of ether oxygens (including phenoxy) is 2. The van der Waals surface area contributed by atoms with Gasteiger partial charge in [0.2, 0.25) is 0 Å². The highest BCUT2D eigenvalue weighted by Gasteiger charge is 2.36.